The number of urea groups is 1. The van der Waals surface area contributed by atoms with Crippen LogP contribution in [0.5, 0.6) is 0 Å². The number of halogens is 1. The summed E-state index contributed by atoms with van der Waals surface area (Å²) < 4.78 is 0. The Morgan fingerprint density at radius 2 is 1.69 bits per heavy atom. The SMILES string of the molecule is CC(C)N1Cc2cc(-c3ccc(CN4CC(=O)N(C)C4=O)cc3)cc(Cl)c2C1=O. The molecule has 0 unspecified atom stereocenters. The zero-order valence-electron chi connectivity index (χ0n) is 16.6. The Hall–Kier alpha value is -2.86. The Labute approximate surface area is 174 Å². The standard InChI is InChI=1S/C22H22ClN3O3/c1-13(2)26-11-17-8-16(9-18(23)20(17)21(26)28)15-6-4-14(5-7-15)10-25-12-19(27)24(3)22(25)29/h4-9,13H,10-12H2,1-3H3. The van der Waals surface area contributed by atoms with Crippen LogP contribution in [0, 0.1) is 0 Å². The highest BCUT2D eigenvalue weighted by molar-refractivity contribution is 6.34. The largest absolute Gasteiger partial charge is 0.332 e. The van der Waals surface area contributed by atoms with Crippen LogP contribution in [0.25, 0.3) is 11.1 Å². The van der Waals surface area contributed by atoms with Crippen molar-refractivity contribution < 1.29 is 14.4 Å². The summed E-state index contributed by atoms with van der Waals surface area (Å²) in [6.07, 6.45) is 0. The highest BCUT2D eigenvalue weighted by Gasteiger charge is 2.33. The van der Waals surface area contributed by atoms with Gasteiger partial charge < -0.3 is 9.80 Å². The zero-order valence-corrected chi connectivity index (χ0v) is 17.4. The van der Waals surface area contributed by atoms with Crippen LogP contribution in [0.4, 0.5) is 4.79 Å². The minimum atomic E-state index is -0.274. The van der Waals surface area contributed by atoms with E-state index in [1.54, 1.807) is 0 Å². The molecule has 6 nitrogen and oxygen atoms in total. The molecule has 0 radical (unpaired) electrons. The summed E-state index contributed by atoms with van der Waals surface area (Å²) in [7, 11) is 1.50. The summed E-state index contributed by atoms with van der Waals surface area (Å²) in [5, 5.41) is 0.471. The lowest BCUT2D eigenvalue weighted by atomic mass is 9.99. The van der Waals surface area contributed by atoms with Gasteiger partial charge in [0.15, 0.2) is 0 Å². The summed E-state index contributed by atoms with van der Waals surface area (Å²) >= 11 is 6.45. The Kier molecular flexibility index (Phi) is 4.82. The molecule has 29 heavy (non-hydrogen) atoms. The fourth-order valence-corrected chi connectivity index (χ4v) is 4.13. The maximum Gasteiger partial charge on any atom is 0.327 e. The molecular weight excluding hydrogens is 390 g/mol. The first kappa shape index (κ1) is 19.5. The summed E-state index contributed by atoms with van der Waals surface area (Å²) in [5.41, 5.74) is 4.42. The molecule has 2 heterocycles. The molecule has 0 atom stereocenters. The van der Waals surface area contributed by atoms with E-state index in [0.717, 1.165) is 27.2 Å². The number of fused-ring (bicyclic) bond motifs is 1. The minimum absolute atomic E-state index is 0.0170. The molecule has 0 N–H and O–H groups in total. The van der Waals surface area contributed by atoms with Crippen LogP contribution in [-0.4, -0.2) is 52.2 Å². The first-order valence-electron chi connectivity index (χ1n) is 9.54. The highest BCUT2D eigenvalue weighted by Crippen LogP contribution is 2.35. The molecule has 4 rings (SSSR count). The van der Waals surface area contributed by atoms with Crippen molar-refractivity contribution in [2.75, 3.05) is 13.6 Å². The van der Waals surface area contributed by atoms with Crippen molar-refractivity contribution in [1.29, 1.82) is 0 Å². The molecule has 0 bridgehead atoms. The number of hydrogen-bond acceptors (Lipinski definition) is 3. The molecule has 150 valence electrons. The van der Waals surface area contributed by atoms with Gasteiger partial charge in [0.05, 0.1) is 10.6 Å². The third-order valence-corrected chi connectivity index (χ3v) is 5.83. The number of carbonyl (C=O) groups is 3. The van der Waals surface area contributed by atoms with Gasteiger partial charge in [0, 0.05) is 26.2 Å². The molecule has 1 saturated heterocycles. The van der Waals surface area contributed by atoms with E-state index in [4.69, 9.17) is 11.6 Å². The Bertz CT molecular complexity index is 1020. The maximum atomic E-state index is 12.6. The normalized spacial score (nSPS) is 16.4. The molecule has 4 amide bonds. The van der Waals surface area contributed by atoms with Crippen molar-refractivity contribution in [2.45, 2.75) is 33.0 Å². The summed E-state index contributed by atoms with van der Waals surface area (Å²) in [5.74, 6) is -0.207. The number of benzene rings is 2. The van der Waals surface area contributed by atoms with E-state index < -0.39 is 0 Å². The number of rotatable bonds is 4. The molecule has 2 aliphatic heterocycles. The van der Waals surface area contributed by atoms with Crippen LogP contribution in [-0.2, 0) is 17.9 Å². The van der Waals surface area contributed by atoms with Crippen LogP contribution in [0.1, 0.15) is 35.3 Å². The molecule has 2 aromatic rings. The summed E-state index contributed by atoms with van der Waals surface area (Å²) in [6, 6.07) is 11.5. The predicted molar refractivity (Wildman–Crippen MR) is 110 cm³/mol. The average Bonchev–Trinajstić information content (AvgIpc) is 3.14. The van der Waals surface area contributed by atoms with Gasteiger partial charge in [0.2, 0.25) is 5.91 Å². The van der Waals surface area contributed by atoms with Crippen molar-refractivity contribution in [1.82, 2.24) is 14.7 Å². The van der Waals surface area contributed by atoms with Gasteiger partial charge in [-0.1, -0.05) is 35.9 Å². The number of nitrogens with zero attached hydrogens (tertiary/aromatic N) is 3. The Morgan fingerprint density at radius 3 is 2.28 bits per heavy atom. The maximum absolute atomic E-state index is 12.6. The molecule has 2 aromatic carbocycles. The average molecular weight is 412 g/mol. The quantitative estimate of drug-likeness (QED) is 0.719. The van der Waals surface area contributed by atoms with Gasteiger partial charge >= 0.3 is 6.03 Å². The second-order valence-corrected chi connectivity index (χ2v) is 8.21. The number of imide groups is 1. The van der Waals surface area contributed by atoms with E-state index >= 15 is 0 Å². The lowest BCUT2D eigenvalue weighted by molar-refractivity contribution is -0.124. The lowest BCUT2D eigenvalue weighted by Crippen LogP contribution is -2.30. The van der Waals surface area contributed by atoms with Gasteiger partial charge in [-0.2, -0.15) is 0 Å². The monoisotopic (exact) mass is 411 g/mol. The Morgan fingerprint density at radius 1 is 1.00 bits per heavy atom. The van der Waals surface area contributed by atoms with Crippen molar-refractivity contribution in [3.05, 3.63) is 58.1 Å². The third kappa shape index (κ3) is 3.38. The van der Waals surface area contributed by atoms with Gasteiger partial charge in [0.1, 0.15) is 6.54 Å². The lowest BCUT2D eigenvalue weighted by Gasteiger charge is -2.19. The van der Waals surface area contributed by atoms with E-state index in [-0.39, 0.29) is 30.4 Å². The highest BCUT2D eigenvalue weighted by atomic mass is 35.5. The van der Waals surface area contributed by atoms with Crippen LogP contribution in [0.3, 0.4) is 0 Å². The fraction of sp³-hybridized carbons (Fsp3) is 0.318. The molecule has 1 fully saturated rings. The van der Waals surface area contributed by atoms with Crippen molar-refractivity contribution in [2.24, 2.45) is 0 Å². The van der Waals surface area contributed by atoms with E-state index in [1.807, 2.05) is 55.1 Å². The van der Waals surface area contributed by atoms with E-state index in [0.29, 0.717) is 23.7 Å². The minimum Gasteiger partial charge on any atom is -0.332 e. The van der Waals surface area contributed by atoms with E-state index in [2.05, 4.69) is 0 Å². The first-order valence-corrected chi connectivity index (χ1v) is 9.92. The van der Waals surface area contributed by atoms with E-state index in [9.17, 15) is 14.4 Å². The predicted octanol–water partition coefficient (Wildman–Crippen LogP) is 3.77. The molecular formula is C22H22ClN3O3. The number of amides is 4. The molecule has 0 saturated carbocycles. The van der Waals surface area contributed by atoms with Gasteiger partial charge in [-0.3, -0.25) is 14.5 Å². The van der Waals surface area contributed by atoms with Crippen molar-refractivity contribution >= 4 is 29.4 Å². The summed E-state index contributed by atoms with van der Waals surface area (Å²) in [6.45, 7) is 5.05. The number of hydrogen-bond donors (Lipinski definition) is 0. The van der Waals surface area contributed by atoms with Crippen LogP contribution >= 0.6 is 11.6 Å². The number of carbonyl (C=O) groups excluding carboxylic acids is 3. The molecule has 0 spiro atoms. The fourth-order valence-electron chi connectivity index (χ4n) is 3.81. The second kappa shape index (κ2) is 7.19. The van der Waals surface area contributed by atoms with Gasteiger partial charge in [-0.25, -0.2) is 4.79 Å². The Balaban J connectivity index is 1.56. The van der Waals surface area contributed by atoms with Gasteiger partial charge in [0.25, 0.3) is 5.91 Å². The molecule has 2 aliphatic rings. The first-order chi connectivity index (χ1) is 13.8. The van der Waals surface area contributed by atoms with Crippen LogP contribution in [0.2, 0.25) is 5.02 Å². The van der Waals surface area contributed by atoms with Crippen LogP contribution in [0.15, 0.2) is 36.4 Å². The smallest absolute Gasteiger partial charge is 0.327 e. The van der Waals surface area contributed by atoms with Crippen LogP contribution < -0.4 is 0 Å². The summed E-state index contributed by atoms with van der Waals surface area (Å²) in [4.78, 5) is 40.8. The third-order valence-electron chi connectivity index (χ3n) is 5.53. The van der Waals surface area contributed by atoms with Gasteiger partial charge in [-0.15, -0.1) is 0 Å². The molecule has 7 heteroatoms. The molecule has 0 aliphatic carbocycles. The van der Waals surface area contributed by atoms with Gasteiger partial charge in [-0.05, 0) is 48.2 Å². The van der Waals surface area contributed by atoms with Crippen molar-refractivity contribution in [3.63, 3.8) is 0 Å². The van der Waals surface area contributed by atoms with E-state index in [1.165, 1.54) is 11.9 Å². The zero-order chi connectivity index (χ0) is 20.9. The number of likely N-dealkylation sites (N-methyl/N-ethyl adjacent to an activating group) is 1. The molecule has 0 aromatic heterocycles. The second-order valence-electron chi connectivity index (χ2n) is 7.81. The van der Waals surface area contributed by atoms with Crippen molar-refractivity contribution in [3.8, 4) is 11.1 Å². The topological polar surface area (TPSA) is 60.9 Å².